The number of benzene rings is 7. The number of hydrogen-bond donors (Lipinski definition) is 0. The SMILES string of the molecule is CC(C)(C)c1ccc(N2B3c4sc5ccc(C(C)(C)C)cc5c4-n4c5cc6oc7ccccc7c6cc5c5ccc(c3c54)-c3c2ccc2ccccc32)cc1. The number of anilines is 2. The van der Waals surface area contributed by atoms with Crippen molar-refractivity contribution in [3.05, 3.63) is 139 Å². The van der Waals surface area contributed by atoms with Gasteiger partial charge in [-0.2, -0.15) is 0 Å². The Kier molecular flexibility index (Phi) is 6.02. The highest BCUT2D eigenvalue weighted by atomic mass is 32.1. The molecule has 12 rings (SSSR count). The zero-order chi connectivity index (χ0) is 37.1. The van der Waals surface area contributed by atoms with Gasteiger partial charge in [-0.25, -0.2) is 0 Å². The number of rotatable bonds is 1. The van der Waals surface area contributed by atoms with E-state index in [4.69, 9.17) is 4.42 Å². The summed E-state index contributed by atoms with van der Waals surface area (Å²) in [5.41, 5.74) is 14.9. The van der Waals surface area contributed by atoms with Crippen molar-refractivity contribution >= 4 is 104 Å². The smallest absolute Gasteiger partial charge is 0.343 e. The number of para-hydroxylation sites is 1. The summed E-state index contributed by atoms with van der Waals surface area (Å²) in [6, 6.07) is 48.2. The van der Waals surface area contributed by atoms with Gasteiger partial charge in [0.2, 0.25) is 0 Å². The molecule has 2 aliphatic rings. The van der Waals surface area contributed by atoms with Crippen LogP contribution in [-0.2, 0) is 10.8 Å². The van der Waals surface area contributed by atoms with Gasteiger partial charge >= 0.3 is 6.85 Å². The summed E-state index contributed by atoms with van der Waals surface area (Å²) >= 11 is 1.96. The van der Waals surface area contributed by atoms with Gasteiger partial charge in [-0.1, -0.05) is 120 Å². The molecule has 3 aromatic heterocycles. The van der Waals surface area contributed by atoms with Gasteiger partial charge in [0.15, 0.2) is 0 Å². The summed E-state index contributed by atoms with van der Waals surface area (Å²) in [6.07, 6.45) is 0. The van der Waals surface area contributed by atoms with Gasteiger partial charge in [0.25, 0.3) is 0 Å². The fraction of sp³-hybridized carbons (Fsp3) is 0.160. The second-order valence-corrected chi connectivity index (χ2v) is 18.8. The van der Waals surface area contributed by atoms with Crippen molar-refractivity contribution in [1.29, 1.82) is 0 Å². The molecule has 0 aliphatic carbocycles. The monoisotopic (exact) mass is 726 g/mol. The third-order valence-corrected chi connectivity index (χ3v) is 13.7. The molecule has 2 aliphatic heterocycles. The summed E-state index contributed by atoms with van der Waals surface area (Å²) in [5, 5.41) is 8.74. The minimum Gasteiger partial charge on any atom is -0.456 e. The molecule has 0 fully saturated rings. The molecule has 0 bridgehead atoms. The van der Waals surface area contributed by atoms with Gasteiger partial charge < -0.3 is 13.8 Å². The Bertz CT molecular complexity index is 3290. The van der Waals surface area contributed by atoms with Crippen LogP contribution in [0.25, 0.3) is 81.4 Å². The van der Waals surface area contributed by atoms with Gasteiger partial charge in [0.1, 0.15) is 11.2 Å². The van der Waals surface area contributed by atoms with Gasteiger partial charge in [-0.05, 0) is 86.2 Å². The normalized spacial score (nSPS) is 13.9. The minimum atomic E-state index is -0.0148. The second kappa shape index (κ2) is 10.5. The molecule has 10 aromatic rings. The molecule has 5 heterocycles. The third-order valence-electron chi connectivity index (χ3n) is 12.5. The Morgan fingerprint density at radius 1 is 0.582 bits per heavy atom. The standard InChI is InChI=1S/C50H39BN2OS/c1-49(2,3)29-16-19-31(20-17-29)53-39-23-15-28-11-7-8-12-32(28)44(39)35-22-21-34-36-26-37-33-13-9-10-14-41(33)54-42(37)27-40(36)52-46(34)45(35)51(53)48-47(52)38-25-30(50(4,5)6)18-24-43(38)55-48/h7-27H,1-6H3. The minimum absolute atomic E-state index is 0.0148. The Morgan fingerprint density at radius 2 is 1.33 bits per heavy atom. The van der Waals surface area contributed by atoms with Crippen molar-refractivity contribution in [1.82, 2.24) is 4.57 Å². The molecule has 5 heteroatoms. The van der Waals surface area contributed by atoms with Gasteiger partial charge in [-0.3, -0.25) is 0 Å². The second-order valence-electron chi connectivity index (χ2n) is 17.7. The maximum Gasteiger partial charge on any atom is 0.343 e. The van der Waals surface area contributed by atoms with Crippen LogP contribution in [0, 0.1) is 0 Å². The number of hydrogen-bond acceptors (Lipinski definition) is 3. The predicted octanol–water partition coefficient (Wildman–Crippen LogP) is 12.9. The number of furan rings is 1. The van der Waals surface area contributed by atoms with E-state index in [9.17, 15) is 0 Å². The lowest BCUT2D eigenvalue weighted by Crippen LogP contribution is -2.59. The molecule has 55 heavy (non-hydrogen) atoms. The molecule has 0 radical (unpaired) electrons. The summed E-state index contributed by atoms with van der Waals surface area (Å²) in [7, 11) is 0. The highest BCUT2D eigenvalue weighted by molar-refractivity contribution is 7.32. The van der Waals surface area contributed by atoms with E-state index in [1.807, 2.05) is 11.3 Å². The molecule has 0 spiro atoms. The highest BCUT2D eigenvalue weighted by Gasteiger charge is 2.46. The summed E-state index contributed by atoms with van der Waals surface area (Å²) in [6.45, 7) is 13.8. The molecule has 0 amide bonds. The van der Waals surface area contributed by atoms with Crippen LogP contribution < -0.4 is 15.1 Å². The molecular formula is C50H39BN2OS. The topological polar surface area (TPSA) is 21.3 Å². The fourth-order valence-electron chi connectivity index (χ4n) is 9.73. The zero-order valence-electron chi connectivity index (χ0n) is 31.9. The number of fused-ring (bicyclic) bond motifs is 15. The molecule has 0 saturated carbocycles. The van der Waals surface area contributed by atoms with Crippen LogP contribution in [0.2, 0.25) is 0 Å². The van der Waals surface area contributed by atoms with Crippen LogP contribution in [0.4, 0.5) is 11.4 Å². The Morgan fingerprint density at radius 3 is 2.13 bits per heavy atom. The van der Waals surface area contributed by atoms with Crippen molar-refractivity contribution in [2.24, 2.45) is 0 Å². The molecular weight excluding hydrogens is 687 g/mol. The average Bonchev–Trinajstić information content (AvgIpc) is 3.84. The lowest BCUT2D eigenvalue weighted by Gasteiger charge is -2.41. The van der Waals surface area contributed by atoms with E-state index >= 15 is 0 Å². The van der Waals surface area contributed by atoms with Crippen LogP contribution in [0.15, 0.2) is 132 Å². The zero-order valence-corrected chi connectivity index (χ0v) is 32.7. The molecule has 0 N–H and O–H groups in total. The maximum absolute atomic E-state index is 6.59. The Balaban J connectivity index is 1.28. The molecule has 3 nitrogen and oxygen atoms in total. The highest BCUT2D eigenvalue weighted by Crippen LogP contribution is 2.50. The van der Waals surface area contributed by atoms with E-state index in [2.05, 4.69) is 178 Å². The van der Waals surface area contributed by atoms with E-state index in [0.717, 1.165) is 21.9 Å². The van der Waals surface area contributed by atoms with Crippen molar-refractivity contribution in [2.75, 3.05) is 4.81 Å². The lowest BCUT2D eigenvalue weighted by molar-refractivity contribution is 0.590. The number of nitrogens with zero attached hydrogens (tertiary/aromatic N) is 2. The third kappa shape index (κ3) is 4.17. The Hall–Kier alpha value is -5.78. The first-order valence-corrected chi connectivity index (χ1v) is 20.3. The van der Waals surface area contributed by atoms with Gasteiger partial charge in [0.05, 0.1) is 16.7 Å². The molecule has 7 aromatic carbocycles. The van der Waals surface area contributed by atoms with Crippen molar-refractivity contribution in [2.45, 2.75) is 52.4 Å². The average molecular weight is 727 g/mol. The van der Waals surface area contributed by atoms with Crippen LogP contribution in [0.5, 0.6) is 0 Å². The molecule has 0 unspecified atom stereocenters. The number of thiophene rings is 1. The molecule has 0 saturated heterocycles. The Labute approximate surface area is 324 Å². The van der Waals surface area contributed by atoms with Gasteiger partial charge in [0, 0.05) is 59.4 Å². The first-order valence-electron chi connectivity index (χ1n) is 19.5. The van der Waals surface area contributed by atoms with E-state index in [-0.39, 0.29) is 17.7 Å². The van der Waals surface area contributed by atoms with E-state index in [0.29, 0.717) is 0 Å². The molecule has 0 atom stereocenters. The van der Waals surface area contributed by atoms with Crippen molar-refractivity contribution in [3.8, 4) is 16.8 Å². The van der Waals surface area contributed by atoms with Crippen LogP contribution in [0.3, 0.4) is 0 Å². The largest absolute Gasteiger partial charge is 0.456 e. The van der Waals surface area contributed by atoms with Gasteiger partial charge in [-0.15, -0.1) is 11.3 Å². The van der Waals surface area contributed by atoms with Crippen molar-refractivity contribution < 1.29 is 4.42 Å². The lowest BCUT2D eigenvalue weighted by atomic mass is 9.47. The number of aromatic nitrogens is 1. The van der Waals surface area contributed by atoms with E-state index < -0.39 is 0 Å². The van der Waals surface area contributed by atoms with Crippen LogP contribution >= 0.6 is 11.3 Å². The summed E-state index contributed by atoms with van der Waals surface area (Å²) < 4.78 is 11.9. The quantitative estimate of drug-likeness (QED) is 0.157. The molecule has 264 valence electrons. The maximum atomic E-state index is 6.59. The predicted molar refractivity (Wildman–Crippen MR) is 237 cm³/mol. The van der Waals surface area contributed by atoms with Crippen LogP contribution in [-0.4, -0.2) is 11.4 Å². The summed E-state index contributed by atoms with van der Waals surface area (Å²) in [5.74, 6) is 0. The van der Waals surface area contributed by atoms with Crippen LogP contribution in [0.1, 0.15) is 52.7 Å². The van der Waals surface area contributed by atoms with E-state index in [1.54, 1.807) is 0 Å². The summed E-state index contributed by atoms with van der Waals surface area (Å²) in [4.78, 5) is 2.66. The first-order chi connectivity index (χ1) is 26.5. The van der Waals surface area contributed by atoms with Crippen molar-refractivity contribution in [3.63, 3.8) is 0 Å². The first kappa shape index (κ1) is 31.6. The fourth-order valence-corrected chi connectivity index (χ4v) is 11.0. The van der Waals surface area contributed by atoms with E-state index in [1.165, 1.54) is 92.2 Å².